The lowest BCUT2D eigenvalue weighted by atomic mass is 10.1. The average molecular weight is 200 g/mol. The van der Waals surface area contributed by atoms with Crippen LogP contribution < -0.4 is 10.6 Å². The first-order chi connectivity index (χ1) is 6.40. The van der Waals surface area contributed by atoms with Crippen LogP contribution in [0, 0.1) is 5.92 Å². The van der Waals surface area contributed by atoms with E-state index < -0.39 is 0 Å². The van der Waals surface area contributed by atoms with Crippen LogP contribution in [0.25, 0.3) is 0 Å². The van der Waals surface area contributed by atoms with Gasteiger partial charge in [0.1, 0.15) is 0 Å². The molecule has 2 fully saturated rings. The molecule has 2 nitrogen and oxygen atoms in total. The van der Waals surface area contributed by atoms with E-state index in [4.69, 9.17) is 0 Å². The molecule has 0 radical (unpaired) electrons. The Morgan fingerprint density at radius 3 is 2.23 bits per heavy atom. The van der Waals surface area contributed by atoms with Crippen molar-refractivity contribution in [1.29, 1.82) is 0 Å². The van der Waals surface area contributed by atoms with Gasteiger partial charge in [0, 0.05) is 12.1 Å². The molecule has 0 aromatic rings. The first-order valence-corrected chi connectivity index (χ1v) is 6.11. The minimum absolute atomic E-state index is 0.755. The van der Waals surface area contributed by atoms with Crippen LogP contribution in [0.2, 0.25) is 0 Å². The van der Waals surface area contributed by atoms with Gasteiger partial charge in [-0.1, -0.05) is 6.42 Å². The smallest absolute Gasteiger partial charge is 0.0221 e. The molecule has 0 spiro atoms. The van der Waals surface area contributed by atoms with Crippen LogP contribution in [-0.4, -0.2) is 30.9 Å². The number of hydrogen-bond acceptors (Lipinski definition) is 3. The van der Waals surface area contributed by atoms with Crippen molar-refractivity contribution in [2.75, 3.05) is 18.8 Å². The van der Waals surface area contributed by atoms with E-state index in [2.05, 4.69) is 23.3 Å². The first-order valence-electron chi connectivity index (χ1n) is 5.48. The molecule has 1 aliphatic carbocycles. The highest BCUT2D eigenvalue weighted by Gasteiger charge is 2.29. The zero-order valence-electron chi connectivity index (χ0n) is 8.13. The fraction of sp³-hybridized carbons (Fsp3) is 1.00. The first kappa shape index (κ1) is 9.81. The zero-order valence-corrected chi connectivity index (χ0v) is 9.02. The summed E-state index contributed by atoms with van der Waals surface area (Å²) in [5, 5.41) is 7.36. The second-order valence-corrected chi connectivity index (χ2v) is 4.79. The maximum atomic E-state index is 4.29. The molecule has 13 heavy (non-hydrogen) atoms. The number of nitrogens with one attached hydrogen (secondary N) is 2. The van der Waals surface area contributed by atoms with Crippen molar-refractivity contribution in [2.45, 2.75) is 37.8 Å². The molecule has 76 valence electrons. The Labute approximate surface area is 86.3 Å². The highest BCUT2D eigenvalue weighted by atomic mass is 32.1. The third-order valence-corrected chi connectivity index (χ3v) is 3.65. The Balaban J connectivity index is 1.84. The predicted molar refractivity (Wildman–Crippen MR) is 59.4 cm³/mol. The lowest BCUT2D eigenvalue weighted by molar-refractivity contribution is 0.460. The van der Waals surface area contributed by atoms with Crippen LogP contribution in [0.4, 0.5) is 0 Å². The molecule has 0 aromatic heterocycles. The maximum absolute atomic E-state index is 4.29. The molecule has 1 heterocycles. The van der Waals surface area contributed by atoms with E-state index in [9.17, 15) is 0 Å². The monoisotopic (exact) mass is 200 g/mol. The predicted octanol–water partition coefficient (Wildman–Crippen LogP) is 1.04. The summed E-state index contributed by atoms with van der Waals surface area (Å²) in [7, 11) is 0. The van der Waals surface area contributed by atoms with Crippen LogP contribution >= 0.6 is 12.6 Å². The molecule has 2 N–H and O–H groups in total. The highest BCUT2D eigenvalue weighted by molar-refractivity contribution is 7.80. The minimum atomic E-state index is 0.755. The van der Waals surface area contributed by atoms with Gasteiger partial charge < -0.3 is 10.6 Å². The quantitative estimate of drug-likeness (QED) is 0.580. The molecule has 1 saturated heterocycles. The summed E-state index contributed by atoms with van der Waals surface area (Å²) in [4.78, 5) is 0. The van der Waals surface area contributed by atoms with E-state index in [-0.39, 0.29) is 0 Å². The Hall–Kier alpha value is 0.270. The number of rotatable bonds is 2. The summed E-state index contributed by atoms with van der Waals surface area (Å²) < 4.78 is 0. The van der Waals surface area contributed by atoms with E-state index in [0.29, 0.717) is 0 Å². The standard InChI is InChI=1S/C10H20N2S/c13-5-4-8-6-11-9-2-1-3-10(9)12-7-8/h8-13H,1-7H2/t8?,9-,10+. The van der Waals surface area contributed by atoms with Crippen molar-refractivity contribution in [3.63, 3.8) is 0 Å². The number of fused-ring (bicyclic) bond motifs is 1. The molecule has 1 unspecified atom stereocenters. The molecule has 0 amide bonds. The van der Waals surface area contributed by atoms with Gasteiger partial charge in [-0.15, -0.1) is 0 Å². The van der Waals surface area contributed by atoms with Crippen molar-refractivity contribution in [3.05, 3.63) is 0 Å². The van der Waals surface area contributed by atoms with E-state index in [0.717, 1.165) is 23.8 Å². The molecule has 1 aliphatic heterocycles. The van der Waals surface area contributed by atoms with Crippen LogP contribution in [0.1, 0.15) is 25.7 Å². The third-order valence-electron chi connectivity index (χ3n) is 3.39. The molecule has 0 aromatic carbocycles. The summed E-state index contributed by atoms with van der Waals surface area (Å²) in [6.45, 7) is 2.38. The molecular formula is C10H20N2S. The van der Waals surface area contributed by atoms with E-state index in [1.54, 1.807) is 0 Å². The summed E-state index contributed by atoms with van der Waals surface area (Å²) in [5.74, 6) is 1.81. The van der Waals surface area contributed by atoms with Crippen LogP contribution in [0.5, 0.6) is 0 Å². The largest absolute Gasteiger partial charge is 0.312 e. The Bertz CT molecular complexity index is 149. The lowest BCUT2D eigenvalue weighted by Gasteiger charge is -2.16. The van der Waals surface area contributed by atoms with Crippen LogP contribution in [0.3, 0.4) is 0 Å². The molecule has 3 atom stereocenters. The van der Waals surface area contributed by atoms with Crippen molar-refractivity contribution in [2.24, 2.45) is 5.92 Å². The second-order valence-electron chi connectivity index (χ2n) is 4.34. The lowest BCUT2D eigenvalue weighted by Crippen LogP contribution is -2.40. The van der Waals surface area contributed by atoms with Gasteiger partial charge in [-0.3, -0.25) is 0 Å². The van der Waals surface area contributed by atoms with Gasteiger partial charge >= 0.3 is 0 Å². The molecule has 0 bridgehead atoms. The van der Waals surface area contributed by atoms with Gasteiger partial charge in [0.2, 0.25) is 0 Å². The van der Waals surface area contributed by atoms with E-state index in [1.807, 2.05) is 0 Å². The maximum Gasteiger partial charge on any atom is 0.0221 e. The number of hydrogen-bond donors (Lipinski definition) is 3. The van der Waals surface area contributed by atoms with Gasteiger partial charge in [0.15, 0.2) is 0 Å². The minimum Gasteiger partial charge on any atom is -0.312 e. The molecule has 2 aliphatic rings. The third kappa shape index (κ3) is 2.39. The van der Waals surface area contributed by atoms with Crippen LogP contribution in [0.15, 0.2) is 0 Å². The fourth-order valence-corrected chi connectivity index (χ4v) is 2.91. The summed E-state index contributed by atoms with van der Waals surface area (Å²) in [6, 6.07) is 1.51. The molecule has 3 heteroatoms. The van der Waals surface area contributed by atoms with Crippen LogP contribution in [-0.2, 0) is 0 Å². The Kier molecular flexibility index (Phi) is 3.52. The molecule has 1 saturated carbocycles. The zero-order chi connectivity index (χ0) is 9.10. The fourth-order valence-electron chi connectivity index (χ4n) is 2.54. The van der Waals surface area contributed by atoms with Crippen molar-refractivity contribution in [1.82, 2.24) is 10.6 Å². The summed E-state index contributed by atoms with van der Waals surface area (Å²) >= 11 is 4.29. The average Bonchev–Trinajstić information content (AvgIpc) is 2.50. The topological polar surface area (TPSA) is 24.1 Å². The second kappa shape index (κ2) is 4.67. The van der Waals surface area contributed by atoms with Gasteiger partial charge in [0.05, 0.1) is 0 Å². The van der Waals surface area contributed by atoms with Crippen molar-refractivity contribution >= 4 is 12.6 Å². The molecular weight excluding hydrogens is 180 g/mol. The van der Waals surface area contributed by atoms with Gasteiger partial charge in [-0.05, 0) is 44.0 Å². The van der Waals surface area contributed by atoms with Gasteiger partial charge in [0.25, 0.3) is 0 Å². The van der Waals surface area contributed by atoms with E-state index in [1.165, 1.54) is 38.8 Å². The molecule has 2 rings (SSSR count). The SMILES string of the molecule is SCCC1CN[C@H]2CCC[C@H]2NC1. The Morgan fingerprint density at radius 2 is 1.69 bits per heavy atom. The highest BCUT2D eigenvalue weighted by Crippen LogP contribution is 2.21. The summed E-state index contributed by atoms with van der Waals surface area (Å²) in [5.41, 5.74) is 0. The van der Waals surface area contributed by atoms with Gasteiger partial charge in [-0.25, -0.2) is 0 Å². The summed E-state index contributed by atoms with van der Waals surface area (Å²) in [6.07, 6.45) is 5.37. The normalized spacial score (nSPS) is 39.9. The number of thiol groups is 1. The van der Waals surface area contributed by atoms with Gasteiger partial charge in [-0.2, -0.15) is 12.6 Å². The van der Waals surface area contributed by atoms with E-state index >= 15 is 0 Å². The van der Waals surface area contributed by atoms with Crippen molar-refractivity contribution in [3.8, 4) is 0 Å². The van der Waals surface area contributed by atoms with Crippen molar-refractivity contribution < 1.29 is 0 Å². The Morgan fingerprint density at radius 1 is 1.08 bits per heavy atom.